The number of hydrogen-bond donors (Lipinski definition) is 0. The van der Waals surface area contributed by atoms with Crippen LogP contribution in [-0.2, 0) is 4.79 Å². The molecule has 6 heteroatoms. The van der Waals surface area contributed by atoms with Crippen LogP contribution in [0.4, 0.5) is 5.69 Å². The van der Waals surface area contributed by atoms with Crippen LogP contribution in [0.25, 0.3) is 6.08 Å². The molecule has 0 saturated carbocycles. The van der Waals surface area contributed by atoms with E-state index in [2.05, 4.69) is 52.5 Å². The van der Waals surface area contributed by atoms with Crippen molar-refractivity contribution in [2.75, 3.05) is 51.0 Å². The SMILES string of the molecule is COc1cc(C=CCN2CCN(c3ccccc3SC)CC2)ccc1OC(C)=O. The second-order valence-electron chi connectivity index (χ2n) is 6.87. The van der Waals surface area contributed by atoms with Crippen molar-refractivity contribution in [1.29, 1.82) is 0 Å². The fourth-order valence-electron chi connectivity index (χ4n) is 3.43. The van der Waals surface area contributed by atoms with Gasteiger partial charge < -0.3 is 14.4 Å². The molecular weight excluding hydrogens is 384 g/mol. The second-order valence-corrected chi connectivity index (χ2v) is 7.71. The number of para-hydroxylation sites is 1. The standard InChI is InChI=1S/C23H28N2O3S/c1-18(26)28-21-11-10-19(17-22(21)27-2)7-6-12-24-13-15-25(16-14-24)20-8-4-5-9-23(20)29-3/h4-11,17H,12-16H2,1-3H3. The van der Waals surface area contributed by atoms with E-state index in [0.29, 0.717) is 11.5 Å². The number of carbonyl (C=O) groups is 1. The van der Waals surface area contributed by atoms with Crippen molar-refractivity contribution in [3.63, 3.8) is 0 Å². The summed E-state index contributed by atoms with van der Waals surface area (Å²) >= 11 is 1.80. The molecule has 154 valence electrons. The van der Waals surface area contributed by atoms with E-state index in [-0.39, 0.29) is 5.97 Å². The van der Waals surface area contributed by atoms with Gasteiger partial charge in [-0.3, -0.25) is 9.69 Å². The van der Waals surface area contributed by atoms with Crippen LogP contribution in [0.2, 0.25) is 0 Å². The Morgan fingerprint density at radius 3 is 2.55 bits per heavy atom. The quantitative estimate of drug-likeness (QED) is 0.386. The molecule has 5 nitrogen and oxygen atoms in total. The Morgan fingerprint density at radius 2 is 1.86 bits per heavy atom. The molecule has 0 spiro atoms. The van der Waals surface area contributed by atoms with Gasteiger partial charge in [-0.25, -0.2) is 0 Å². The van der Waals surface area contributed by atoms with E-state index >= 15 is 0 Å². The number of esters is 1. The van der Waals surface area contributed by atoms with Gasteiger partial charge >= 0.3 is 5.97 Å². The minimum absolute atomic E-state index is 0.356. The van der Waals surface area contributed by atoms with E-state index in [1.165, 1.54) is 17.5 Å². The number of thioether (sulfide) groups is 1. The summed E-state index contributed by atoms with van der Waals surface area (Å²) in [5.74, 6) is 0.646. The lowest BCUT2D eigenvalue weighted by Gasteiger charge is -2.36. The summed E-state index contributed by atoms with van der Waals surface area (Å²) in [6, 6.07) is 14.2. The van der Waals surface area contributed by atoms with E-state index in [1.807, 2.05) is 12.1 Å². The Morgan fingerprint density at radius 1 is 1.10 bits per heavy atom. The van der Waals surface area contributed by atoms with Crippen LogP contribution in [0, 0.1) is 0 Å². The predicted octanol–water partition coefficient (Wildman–Crippen LogP) is 4.18. The van der Waals surface area contributed by atoms with Gasteiger partial charge in [-0.2, -0.15) is 0 Å². The lowest BCUT2D eigenvalue weighted by Crippen LogP contribution is -2.46. The number of benzene rings is 2. The van der Waals surface area contributed by atoms with E-state index in [1.54, 1.807) is 24.9 Å². The first-order valence-electron chi connectivity index (χ1n) is 9.74. The maximum atomic E-state index is 11.2. The lowest BCUT2D eigenvalue weighted by atomic mass is 10.2. The summed E-state index contributed by atoms with van der Waals surface area (Å²) in [5, 5.41) is 0. The minimum Gasteiger partial charge on any atom is -0.493 e. The highest BCUT2D eigenvalue weighted by atomic mass is 32.2. The Kier molecular flexibility index (Phi) is 7.61. The average molecular weight is 413 g/mol. The summed E-state index contributed by atoms with van der Waals surface area (Å²) in [6.07, 6.45) is 6.38. The minimum atomic E-state index is -0.356. The first-order chi connectivity index (χ1) is 14.1. The number of ether oxygens (including phenoxy) is 2. The molecule has 29 heavy (non-hydrogen) atoms. The topological polar surface area (TPSA) is 42.0 Å². The van der Waals surface area contributed by atoms with Crippen LogP contribution >= 0.6 is 11.8 Å². The zero-order valence-corrected chi connectivity index (χ0v) is 18.1. The largest absolute Gasteiger partial charge is 0.493 e. The lowest BCUT2D eigenvalue weighted by molar-refractivity contribution is -0.132. The molecule has 0 bridgehead atoms. The van der Waals surface area contributed by atoms with Gasteiger partial charge in [-0.15, -0.1) is 11.8 Å². The van der Waals surface area contributed by atoms with E-state index in [4.69, 9.17) is 9.47 Å². The predicted molar refractivity (Wildman–Crippen MR) is 120 cm³/mol. The Hall–Kier alpha value is -2.44. The molecule has 0 amide bonds. The third kappa shape index (κ3) is 5.78. The number of methoxy groups -OCH3 is 1. The molecule has 0 N–H and O–H groups in total. The van der Waals surface area contributed by atoms with Crippen LogP contribution in [0.15, 0.2) is 53.4 Å². The van der Waals surface area contributed by atoms with E-state index in [9.17, 15) is 4.79 Å². The number of piperazine rings is 1. The summed E-state index contributed by atoms with van der Waals surface area (Å²) in [5.41, 5.74) is 2.36. The van der Waals surface area contributed by atoms with Crippen LogP contribution < -0.4 is 14.4 Å². The van der Waals surface area contributed by atoms with Crippen LogP contribution in [0.3, 0.4) is 0 Å². The highest BCUT2D eigenvalue weighted by molar-refractivity contribution is 7.98. The van der Waals surface area contributed by atoms with E-state index in [0.717, 1.165) is 38.3 Å². The van der Waals surface area contributed by atoms with Crippen molar-refractivity contribution in [3.05, 3.63) is 54.1 Å². The molecule has 1 aliphatic rings. The normalized spacial score (nSPS) is 14.9. The molecule has 1 aliphatic heterocycles. The van der Waals surface area contributed by atoms with Crippen molar-refractivity contribution in [2.24, 2.45) is 0 Å². The second kappa shape index (κ2) is 10.4. The number of anilines is 1. The van der Waals surface area contributed by atoms with Crippen molar-refractivity contribution in [2.45, 2.75) is 11.8 Å². The van der Waals surface area contributed by atoms with Gasteiger partial charge in [0.2, 0.25) is 0 Å². The molecule has 0 radical (unpaired) electrons. The zero-order valence-electron chi connectivity index (χ0n) is 17.3. The number of nitrogens with zero attached hydrogens (tertiary/aromatic N) is 2. The van der Waals surface area contributed by atoms with Gasteiger partial charge in [0.15, 0.2) is 11.5 Å². The first kappa shape index (κ1) is 21.3. The fourth-order valence-corrected chi connectivity index (χ4v) is 4.05. The van der Waals surface area contributed by atoms with Crippen molar-refractivity contribution in [1.82, 2.24) is 4.90 Å². The first-order valence-corrected chi connectivity index (χ1v) is 11.0. The van der Waals surface area contributed by atoms with Gasteiger partial charge in [0, 0.05) is 44.5 Å². The average Bonchev–Trinajstić information content (AvgIpc) is 2.75. The number of rotatable bonds is 7. The summed E-state index contributed by atoms with van der Waals surface area (Å²) in [4.78, 5) is 17.4. The van der Waals surface area contributed by atoms with Gasteiger partial charge in [-0.1, -0.05) is 30.4 Å². The number of hydrogen-bond acceptors (Lipinski definition) is 6. The van der Waals surface area contributed by atoms with Gasteiger partial charge in [-0.05, 0) is 36.1 Å². The molecule has 1 heterocycles. The zero-order chi connectivity index (χ0) is 20.6. The molecule has 1 fully saturated rings. The highest BCUT2D eigenvalue weighted by Gasteiger charge is 2.18. The van der Waals surface area contributed by atoms with Crippen LogP contribution in [-0.4, -0.2) is 57.0 Å². The van der Waals surface area contributed by atoms with E-state index < -0.39 is 0 Å². The maximum Gasteiger partial charge on any atom is 0.308 e. The van der Waals surface area contributed by atoms with Crippen LogP contribution in [0.1, 0.15) is 12.5 Å². The highest BCUT2D eigenvalue weighted by Crippen LogP contribution is 2.30. The number of carbonyl (C=O) groups excluding carboxylic acids is 1. The Labute approximate surface area is 177 Å². The summed E-state index contributed by atoms with van der Waals surface area (Å²) < 4.78 is 10.5. The van der Waals surface area contributed by atoms with Gasteiger partial charge in [0.25, 0.3) is 0 Å². The van der Waals surface area contributed by atoms with Gasteiger partial charge in [0.1, 0.15) is 0 Å². The molecule has 0 aliphatic carbocycles. The third-order valence-corrected chi connectivity index (χ3v) is 5.70. The maximum absolute atomic E-state index is 11.2. The third-order valence-electron chi connectivity index (χ3n) is 4.91. The van der Waals surface area contributed by atoms with Crippen molar-refractivity contribution >= 4 is 29.5 Å². The smallest absolute Gasteiger partial charge is 0.308 e. The molecule has 3 rings (SSSR count). The van der Waals surface area contributed by atoms with Crippen molar-refractivity contribution < 1.29 is 14.3 Å². The molecule has 0 atom stereocenters. The monoisotopic (exact) mass is 412 g/mol. The Balaban J connectivity index is 1.54. The Bertz CT molecular complexity index is 861. The molecule has 2 aromatic carbocycles. The molecule has 0 unspecified atom stereocenters. The van der Waals surface area contributed by atoms with Gasteiger partial charge in [0.05, 0.1) is 12.8 Å². The molecule has 2 aromatic rings. The summed E-state index contributed by atoms with van der Waals surface area (Å²) in [7, 11) is 1.57. The fraction of sp³-hybridized carbons (Fsp3) is 0.348. The molecule has 1 saturated heterocycles. The molecule has 0 aromatic heterocycles. The van der Waals surface area contributed by atoms with Crippen molar-refractivity contribution in [3.8, 4) is 11.5 Å². The van der Waals surface area contributed by atoms with Crippen LogP contribution in [0.5, 0.6) is 11.5 Å². The molecular formula is C23H28N2O3S. The summed E-state index contributed by atoms with van der Waals surface area (Å²) in [6.45, 7) is 6.45.